The average Bonchev–Trinajstić information content (AvgIpc) is 2.75. The smallest absolute Gasteiger partial charge is 0.292 e. The molecule has 0 aliphatic carbocycles. The van der Waals surface area contributed by atoms with E-state index in [1.807, 2.05) is 11.0 Å². The van der Waals surface area contributed by atoms with Crippen LogP contribution in [0.1, 0.15) is 12.0 Å². The van der Waals surface area contributed by atoms with Crippen molar-refractivity contribution in [1.29, 1.82) is 5.26 Å². The predicted octanol–water partition coefficient (Wildman–Crippen LogP) is 1.00. The number of anilines is 1. The van der Waals surface area contributed by atoms with Crippen LogP contribution in [0.3, 0.4) is 0 Å². The minimum Gasteiger partial charge on any atom is -0.364 e. The first-order valence-corrected chi connectivity index (χ1v) is 5.31. The van der Waals surface area contributed by atoms with E-state index >= 15 is 0 Å². The summed E-state index contributed by atoms with van der Waals surface area (Å²) in [4.78, 5) is 12.4. The van der Waals surface area contributed by atoms with Gasteiger partial charge in [0.25, 0.3) is 5.69 Å². The lowest BCUT2D eigenvalue weighted by Gasteiger charge is -2.17. The molecule has 1 aromatic carbocycles. The molecule has 0 radical (unpaired) electrons. The maximum Gasteiger partial charge on any atom is 0.292 e. The minimum absolute atomic E-state index is 0.0260. The number of nitrogens with two attached hydrogens (primary N) is 1. The van der Waals surface area contributed by atoms with Crippen molar-refractivity contribution in [2.75, 3.05) is 18.0 Å². The summed E-state index contributed by atoms with van der Waals surface area (Å²) in [5.74, 6) is 0. The van der Waals surface area contributed by atoms with Gasteiger partial charge >= 0.3 is 0 Å². The lowest BCUT2D eigenvalue weighted by atomic mass is 10.1. The van der Waals surface area contributed by atoms with Crippen molar-refractivity contribution < 1.29 is 4.92 Å². The number of benzene rings is 1. The normalized spacial score (nSPS) is 19.1. The fraction of sp³-hybridized carbons (Fsp3) is 0.364. The van der Waals surface area contributed by atoms with Crippen molar-refractivity contribution >= 4 is 11.4 Å². The van der Waals surface area contributed by atoms with Gasteiger partial charge in [-0.3, -0.25) is 10.1 Å². The van der Waals surface area contributed by atoms with Gasteiger partial charge in [-0.2, -0.15) is 5.26 Å². The van der Waals surface area contributed by atoms with Gasteiger partial charge in [0, 0.05) is 25.2 Å². The Kier molecular flexibility index (Phi) is 2.93. The van der Waals surface area contributed by atoms with Crippen LogP contribution in [0, 0.1) is 21.4 Å². The number of rotatable bonds is 2. The Morgan fingerprint density at radius 3 is 2.88 bits per heavy atom. The molecule has 1 saturated heterocycles. The molecule has 0 spiro atoms. The zero-order valence-electron chi connectivity index (χ0n) is 9.17. The molecule has 1 aromatic rings. The Morgan fingerprint density at radius 1 is 1.59 bits per heavy atom. The highest BCUT2D eigenvalue weighted by molar-refractivity contribution is 5.66. The average molecular weight is 232 g/mol. The molecule has 1 aliphatic heterocycles. The summed E-state index contributed by atoms with van der Waals surface area (Å²) in [7, 11) is 0. The Hall–Kier alpha value is -2.13. The second-order valence-electron chi connectivity index (χ2n) is 4.07. The molecule has 6 heteroatoms. The van der Waals surface area contributed by atoms with Crippen molar-refractivity contribution in [2.45, 2.75) is 12.5 Å². The lowest BCUT2D eigenvalue weighted by Crippen LogP contribution is -2.26. The van der Waals surface area contributed by atoms with E-state index in [1.54, 1.807) is 6.07 Å². The van der Waals surface area contributed by atoms with Gasteiger partial charge in [-0.25, -0.2) is 0 Å². The molecule has 17 heavy (non-hydrogen) atoms. The SMILES string of the molecule is N#Cc1ccc([N+](=O)[O-])c(N2CCC(N)C2)c1. The Bertz CT molecular complexity index is 495. The fourth-order valence-electron chi connectivity index (χ4n) is 2.01. The van der Waals surface area contributed by atoms with Gasteiger partial charge in [-0.1, -0.05) is 0 Å². The summed E-state index contributed by atoms with van der Waals surface area (Å²) in [6, 6.07) is 6.41. The van der Waals surface area contributed by atoms with Crippen molar-refractivity contribution in [2.24, 2.45) is 5.73 Å². The maximum absolute atomic E-state index is 10.9. The highest BCUT2D eigenvalue weighted by Gasteiger charge is 2.25. The largest absolute Gasteiger partial charge is 0.364 e. The molecule has 88 valence electrons. The molecule has 2 N–H and O–H groups in total. The first-order valence-electron chi connectivity index (χ1n) is 5.31. The van der Waals surface area contributed by atoms with Crippen LogP contribution < -0.4 is 10.6 Å². The monoisotopic (exact) mass is 232 g/mol. The summed E-state index contributed by atoms with van der Waals surface area (Å²) >= 11 is 0. The van der Waals surface area contributed by atoms with Crippen molar-refractivity contribution in [3.05, 3.63) is 33.9 Å². The summed E-state index contributed by atoms with van der Waals surface area (Å²) in [6.45, 7) is 1.28. The Labute approximate surface area is 98.4 Å². The van der Waals surface area contributed by atoms with Gasteiger partial charge in [-0.15, -0.1) is 0 Å². The molecule has 1 fully saturated rings. The molecule has 1 unspecified atom stereocenters. The predicted molar refractivity (Wildman–Crippen MR) is 62.6 cm³/mol. The van der Waals surface area contributed by atoms with Crippen LogP contribution in [-0.2, 0) is 0 Å². The van der Waals surface area contributed by atoms with Gasteiger partial charge in [0.15, 0.2) is 0 Å². The quantitative estimate of drug-likeness (QED) is 0.606. The molecule has 0 amide bonds. The first kappa shape index (κ1) is 11.4. The molecule has 1 atom stereocenters. The highest BCUT2D eigenvalue weighted by atomic mass is 16.6. The summed E-state index contributed by atoms with van der Waals surface area (Å²) in [6.07, 6.45) is 0.813. The topological polar surface area (TPSA) is 96.2 Å². The van der Waals surface area contributed by atoms with Crippen LogP contribution in [0.5, 0.6) is 0 Å². The maximum atomic E-state index is 10.9. The third-order valence-corrected chi connectivity index (χ3v) is 2.87. The van der Waals surface area contributed by atoms with E-state index in [1.165, 1.54) is 12.1 Å². The summed E-state index contributed by atoms with van der Waals surface area (Å²) in [5, 5.41) is 19.7. The van der Waals surface area contributed by atoms with E-state index in [0.29, 0.717) is 24.3 Å². The van der Waals surface area contributed by atoms with Crippen LogP contribution in [0.4, 0.5) is 11.4 Å². The van der Waals surface area contributed by atoms with E-state index in [4.69, 9.17) is 11.0 Å². The van der Waals surface area contributed by atoms with Gasteiger partial charge in [-0.05, 0) is 18.6 Å². The van der Waals surface area contributed by atoms with Crippen LogP contribution in [0.2, 0.25) is 0 Å². The molecule has 0 saturated carbocycles. The van der Waals surface area contributed by atoms with Crippen LogP contribution >= 0.6 is 0 Å². The summed E-state index contributed by atoms with van der Waals surface area (Å²) < 4.78 is 0. The van der Waals surface area contributed by atoms with Gasteiger partial charge in [0.1, 0.15) is 5.69 Å². The van der Waals surface area contributed by atoms with Crippen LogP contribution in [0.25, 0.3) is 0 Å². The molecular formula is C11H12N4O2. The molecule has 2 rings (SSSR count). The lowest BCUT2D eigenvalue weighted by molar-refractivity contribution is -0.384. The zero-order chi connectivity index (χ0) is 12.4. The fourth-order valence-corrected chi connectivity index (χ4v) is 2.01. The first-order chi connectivity index (χ1) is 8.11. The van der Waals surface area contributed by atoms with Gasteiger partial charge in [0.05, 0.1) is 16.6 Å². The molecule has 0 bridgehead atoms. The Morgan fingerprint density at radius 2 is 2.35 bits per heavy atom. The molecular weight excluding hydrogens is 220 g/mol. The van der Waals surface area contributed by atoms with Crippen LogP contribution in [-0.4, -0.2) is 24.1 Å². The van der Waals surface area contributed by atoms with Crippen molar-refractivity contribution in [1.82, 2.24) is 0 Å². The van der Waals surface area contributed by atoms with Crippen molar-refractivity contribution in [3.63, 3.8) is 0 Å². The second-order valence-corrected chi connectivity index (χ2v) is 4.07. The third kappa shape index (κ3) is 2.19. The number of hydrogen-bond donors (Lipinski definition) is 1. The third-order valence-electron chi connectivity index (χ3n) is 2.87. The van der Waals surface area contributed by atoms with E-state index in [-0.39, 0.29) is 11.7 Å². The number of hydrogen-bond acceptors (Lipinski definition) is 5. The summed E-state index contributed by atoms with van der Waals surface area (Å²) in [5.41, 5.74) is 6.72. The highest BCUT2D eigenvalue weighted by Crippen LogP contribution is 2.31. The second kappa shape index (κ2) is 4.39. The van der Waals surface area contributed by atoms with Crippen LogP contribution in [0.15, 0.2) is 18.2 Å². The molecule has 1 heterocycles. The Balaban J connectivity index is 2.42. The molecule has 0 aromatic heterocycles. The molecule has 6 nitrogen and oxygen atoms in total. The van der Waals surface area contributed by atoms with E-state index in [2.05, 4.69) is 0 Å². The van der Waals surface area contributed by atoms with Gasteiger partial charge < -0.3 is 10.6 Å². The van der Waals surface area contributed by atoms with E-state index < -0.39 is 4.92 Å². The van der Waals surface area contributed by atoms with E-state index in [9.17, 15) is 10.1 Å². The standard InChI is InChI=1S/C11H12N4O2/c12-6-8-1-2-10(15(16)17)11(5-8)14-4-3-9(13)7-14/h1-2,5,9H,3-4,7,13H2. The number of nitro benzene ring substituents is 1. The number of nitro groups is 1. The van der Waals surface area contributed by atoms with Gasteiger partial charge in [0.2, 0.25) is 0 Å². The van der Waals surface area contributed by atoms with Crippen molar-refractivity contribution in [3.8, 4) is 6.07 Å². The number of nitrogens with zero attached hydrogens (tertiary/aromatic N) is 3. The number of nitriles is 1. The van der Waals surface area contributed by atoms with E-state index in [0.717, 1.165) is 6.42 Å². The minimum atomic E-state index is -0.430. The zero-order valence-corrected chi connectivity index (χ0v) is 9.17. The molecule has 1 aliphatic rings.